The van der Waals surface area contributed by atoms with Gasteiger partial charge >= 0.3 is 6.03 Å². The van der Waals surface area contributed by atoms with Gasteiger partial charge in [0.1, 0.15) is 17.0 Å². The molecule has 0 radical (unpaired) electrons. The summed E-state index contributed by atoms with van der Waals surface area (Å²) in [6.45, 7) is 4.31. The summed E-state index contributed by atoms with van der Waals surface area (Å²) in [7, 11) is 0. The average Bonchev–Trinajstić information content (AvgIpc) is 3.54. The third-order valence-electron chi connectivity index (χ3n) is 5.97. The van der Waals surface area contributed by atoms with E-state index in [1.807, 2.05) is 66.7 Å². The average molecular weight is 453 g/mol. The molecule has 7 heteroatoms. The molecule has 0 unspecified atom stereocenters. The lowest BCUT2D eigenvalue weighted by atomic mass is 10.0. The van der Waals surface area contributed by atoms with E-state index in [1.165, 1.54) is 4.68 Å². The number of ether oxygens (including phenoxy) is 3. The Hall–Kier alpha value is -4.26. The van der Waals surface area contributed by atoms with Gasteiger partial charge in [0.05, 0.1) is 0 Å². The molecule has 0 spiro atoms. The van der Waals surface area contributed by atoms with Crippen molar-refractivity contribution in [2.75, 3.05) is 12.1 Å². The van der Waals surface area contributed by atoms with Crippen LogP contribution in [-0.4, -0.2) is 28.2 Å². The highest BCUT2D eigenvalue weighted by molar-refractivity contribution is 5.93. The molecule has 1 N–H and O–H groups in total. The molecule has 3 aromatic carbocycles. The van der Waals surface area contributed by atoms with E-state index in [9.17, 15) is 4.79 Å². The smallest absolute Gasteiger partial charge is 0.346 e. The molecule has 0 saturated carbocycles. The number of anilines is 1. The van der Waals surface area contributed by atoms with E-state index < -0.39 is 0 Å². The van der Waals surface area contributed by atoms with Gasteiger partial charge < -0.3 is 19.5 Å². The van der Waals surface area contributed by atoms with E-state index in [2.05, 4.69) is 24.3 Å². The maximum atomic E-state index is 13.2. The molecule has 3 heterocycles. The lowest BCUT2D eigenvalue weighted by Gasteiger charge is -2.16. The second-order valence-corrected chi connectivity index (χ2v) is 9.06. The van der Waals surface area contributed by atoms with Gasteiger partial charge in [-0.3, -0.25) is 0 Å². The van der Waals surface area contributed by atoms with Crippen LogP contribution in [0.1, 0.15) is 19.4 Å². The van der Waals surface area contributed by atoms with Gasteiger partial charge in [-0.1, -0.05) is 36.4 Å². The molecule has 2 aliphatic heterocycles. The van der Waals surface area contributed by atoms with Gasteiger partial charge in [0.15, 0.2) is 11.5 Å². The third kappa shape index (κ3) is 3.65. The number of hydrogen-bond acceptors (Lipinski definition) is 5. The number of hydrogen-bond donors (Lipinski definition) is 1. The zero-order chi connectivity index (χ0) is 23.3. The van der Waals surface area contributed by atoms with Crippen molar-refractivity contribution in [3.05, 3.63) is 78.5 Å². The second kappa shape index (κ2) is 7.66. The zero-order valence-corrected chi connectivity index (χ0v) is 18.9. The van der Waals surface area contributed by atoms with Crippen LogP contribution in [0.25, 0.3) is 22.4 Å². The Morgan fingerprint density at radius 1 is 0.941 bits per heavy atom. The van der Waals surface area contributed by atoms with Crippen LogP contribution < -0.4 is 19.5 Å². The molecule has 0 bridgehead atoms. The van der Waals surface area contributed by atoms with Crippen molar-refractivity contribution in [2.45, 2.75) is 25.9 Å². The lowest BCUT2D eigenvalue weighted by Crippen LogP contribution is -2.24. The van der Waals surface area contributed by atoms with Gasteiger partial charge in [-0.05, 0) is 49.7 Å². The fraction of sp³-hybridized carbons (Fsp3) is 0.185. The summed E-state index contributed by atoms with van der Waals surface area (Å²) in [4.78, 5) is 13.2. The standard InChI is InChI=1S/C27H23N3O4/c1-27(2)14-19-12-20(9-11-22(19)34-27)28-26(31)30-15-21(25(29-30)17-6-4-3-5-7-17)18-8-10-23-24(13-18)33-16-32-23/h3-13,15H,14,16H2,1-2H3,(H,28,31). The molecule has 4 aromatic rings. The highest BCUT2D eigenvalue weighted by Crippen LogP contribution is 2.39. The molecule has 0 saturated heterocycles. The number of amides is 1. The Morgan fingerprint density at radius 3 is 2.59 bits per heavy atom. The molecular formula is C27H23N3O4. The fourth-order valence-corrected chi connectivity index (χ4v) is 4.43. The number of nitrogens with zero attached hydrogens (tertiary/aromatic N) is 2. The summed E-state index contributed by atoms with van der Waals surface area (Å²) in [5.41, 5.74) is 4.87. The van der Waals surface area contributed by atoms with E-state index in [4.69, 9.17) is 14.2 Å². The Bertz CT molecular complexity index is 1410. The Labute approximate surface area is 196 Å². The summed E-state index contributed by atoms with van der Waals surface area (Å²) in [6, 6.07) is 20.9. The number of fused-ring (bicyclic) bond motifs is 2. The highest BCUT2D eigenvalue weighted by Gasteiger charge is 2.30. The molecule has 34 heavy (non-hydrogen) atoms. The number of aromatic nitrogens is 2. The van der Waals surface area contributed by atoms with Crippen molar-refractivity contribution in [1.82, 2.24) is 9.78 Å². The Kier molecular flexibility index (Phi) is 4.58. The zero-order valence-electron chi connectivity index (χ0n) is 18.9. The van der Waals surface area contributed by atoms with Gasteiger partial charge in [0, 0.05) is 35.0 Å². The summed E-state index contributed by atoms with van der Waals surface area (Å²) in [6.07, 6.45) is 2.54. The monoisotopic (exact) mass is 453 g/mol. The maximum absolute atomic E-state index is 13.2. The minimum atomic E-state index is -0.345. The molecule has 6 rings (SSSR count). The minimum absolute atomic E-state index is 0.203. The summed E-state index contributed by atoms with van der Waals surface area (Å²) < 4.78 is 18.3. The molecule has 0 fully saturated rings. The molecule has 1 amide bonds. The van der Waals surface area contributed by atoms with Crippen molar-refractivity contribution in [1.29, 1.82) is 0 Å². The van der Waals surface area contributed by atoms with Crippen LogP contribution in [0, 0.1) is 0 Å². The number of carbonyl (C=O) groups excluding carboxylic acids is 1. The van der Waals surface area contributed by atoms with E-state index in [-0.39, 0.29) is 18.4 Å². The minimum Gasteiger partial charge on any atom is -0.487 e. The normalized spacial score (nSPS) is 15.0. The van der Waals surface area contributed by atoms with Gasteiger partial charge in [-0.25, -0.2) is 4.79 Å². The van der Waals surface area contributed by atoms with Crippen molar-refractivity contribution in [3.8, 4) is 39.6 Å². The predicted octanol–water partition coefficient (Wildman–Crippen LogP) is 5.74. The Balaban J connectivity index is 1.34. The van der Waals surface area contributed by atoms with Crippen LogP contribution in [-0.2, 0) is 6.42 Å². The first-order valence-electron chi connectivity index (χ1n) is 11.1. The summed E-state index contributed by atoms with van der Waals surface area (Å²) in [5, 5.41) is 7.61. The van der Waals surface area contributed by atoms with E-state index in [0.29, 0.717) is 22.9 Å². The summed E-state index contributed by atoms with van der Waals surface area (Å²) >= 11 is 0. The molecule has 170 valence electrons. The van der Waals surface area contributed by atoms with E-state index >= 15 is 0 Å². The fourth-order valence-electron chi connectivity index (χ4n) is 4.43. The lowest BCUT2D eigenvalue weighted by molar-refractivity contribution is 0.138. The maximum Gasteiger partial charge on any atom is 0.346 e. The molecular weight excluding hydrogens is 430 g/mol. The van der Waals surface area contributed by atoms with E-state index in [0.717, 1.165) is 34.4 Å². The van der Waals surface area contributed by atoms with Crippen molar-refractivity contribution in [3.63, 3.8) is 0 Å². The van der Waals surface area contributed by atoms with Gasteiger partial charge in [-0.2, -0.15) is 9.78 Å². The van der Waals surface area contributed by atoms with Crippen molar-refractivity contribution < 1.29 is 19.0 Å². The van der Waals surface area contributed by atoms with Crippen molar-refractivity contribution in [2.24, 2.45) is 0 Å². The number of benzene rings is 3. The van der Waals surface area contributed by atoms with Crippen LogP contribution in [0.4, 0.5) is 10.5 Å². The summed E-state index contributed by atoms with van der Waals surface area (Å²) in [5.74, 6) is 2.24. The van der Waals surface area contributed by atoms with Crippen molar-refractivity contribution >= 4 is 11.7 Å². The number of rotatable bonds is 3. The van der Waals surface area contributed by atoms with Gasteiger partial charge in [0.2, 0.25) is 6.79 Å². The molecule has 1 aromatic heterocycles. The Morgan fingerprint density at radius 2 is 1.74 bits per heavy atom. The topological polar surface area (TPSA) is 74.6 Å². The van der Waals surface area contributed by atoms with Gasteiger partial charge in [-0.15, -0.1) is 0 Å². The van der Waals surface area contributed by atoms with Gasteiger partial charge in [0.25, 0.3) is 0 Å². The SMILES string of the molecule is CC1(C)Cc2cc(NC(=O)n3cc(-c4ccc5c(c4)OCO5)c(-c4ccccc4)n3)ccc2O1. The first-order valence-corrected chi connectivity index (χ1v) is 11.1. The quantitative estimate of drug-likeness (QED) is 0.428. The molecule has 2 aliphatic rings. The molecule has 0 atom stereocenters. The van der Waals surface area contributed by atoms with Crippen LogP contribution in [0.3, 0.4) is 0 Å². The third-order valence-corrected chi connectivity index (χ3v) is 5.97. The largest absolute Gasteiger partial charge is 0.487 e. The second-order valence-electron chi connectivity index (χ2n) is 9.06. The van der Waals surface area contributed by atoms with E-state index in [1.54, 1.807) is 6.20 Å². The first kappa shape index (κ1) is 20.4. The van der Waals surface area contributed by atoms with Crippen LogP contribution >= 0.6 is 0 Å². The number of carbonyl (C=O) groups is 1. The predicted molar refractivity (Wildman–Crippen MR) is 128 cm³/mol. The highest BCUT2D eigenvalue weighted by atomic mass is 16.7. The first-order chi connectivity index (χ1) is 16.4. The van der Waals surface area contributed by atoms with Crippen LogP contribution in [0.5, 0.6) is 17.2 Å². The van der Waals surface area contributed by atoms with Crippen LogP contribution in [0.15, 0.2) is 72.9 Å². The van der Waals surface area contributed by atoms with Crippen LogP contribution in [0.2, 0.25) is 0 Å². The molecule has 7 nitrogen and oxygen atoms in total. The molecule has 0 aliphatic carbocycles. The number of nitrogens with one attached hydrogen (secondary N) is 1.